The van der Waals surface area contributed by atoms with Crippen LogP contribution in [0, 0.1) is 17.8 Å². The molecule has 2 saturated carbocycles. The van der Waals surface area contributed by atoms with Gasteiger partial charge in [0.05, 0.1) is 5.92 Å². The normalized spacial score (nSPS) is 35.2. The first-order valence-corrected chi connectivity index (χ1v) is 8.25. The van der Waals surface area contributed by atoms with Crippen molar-refractivity contribution in [3.63, 3.8) is 0 Å². The average molecular weight is 262 g/mol. The second-order valence-corrected chi connectivity index (χ2v) is 6.58. The van der Waals surface area contributed by atoms with E-state index in [0.717, 1.165) is 30.9 Å². The Kier molecular flexibility index (Phi) is 4.24. The molecule has 0 aromatic carbocycles. The molecule has 2 heteroatoms. The highest BCUT2D eigenvalue weighted by Gasteiger charge is 2.39. The molecule has 106 valence electrons. The largest absolute Gasteiger partial charge is 0.431 e. The summed E-state index contributed by atoms with van der Waals surface area (Å²) in [5, 5.41) is 0. The van der Waals surface area contributed by atoms with Gasteiger partial charge in [0, 0.05) is 6.42 Å². The zero-order valence-corrected chi connectivity index (χ0v) is 11.9. The molecule has 0 saturated heterocycles. The molecular formula is C17H26O2. The minimum Gasteiger partial charge on any atom is -0.431 e. The quantitative estimate of drug-likeness (QED) is 0.680. The lowest BCUT2D eigenvalue weighted by Crippen LogP contribution is -2.36. The molecule has 0 aromatic heterocycles. The van der Waals surface area contributed by atoms with E-state index in [9.17, 15) is 4.79 Å². The van der Waals surface area contributed by atoms with Crippen molar-refractivity contribution in [3.8, 4) is 0 Å². The summed E-state index contributed by atoms with van der Waals surface area (Å²) in [7, 11) is 0. The van der Waals surface area contributed by atoms with Crippen LogP contribution in [0.5, 0.6) is 0 Å². The fourth-order valence-electron chi connectivity index (χ4n) is 4.34. The van der Waals surface area contributed by atoms with Gasteiger partial charge in [-0.1, -0.05) is 32.1 Å². The first-order chi connectivity index (χ1) is 9.34. The lowest BCUT2D eigenvalue weighted by Gasteiger charge is -2.40. The summed E-state index contributed by atoms with van der Waals surface area (Å²) in [5.41, 5.74) is 0. The maximum absolute atomic E-state index is 12.5. The predicted octanol–water partition coefficient (Wildman–Crippen LogP) is 4.59. The number of fused-ring (bicyclic) bond motifs is 1. The second kappa shape index (κ2) is 6.11. The van der Waals surface area contributed by atoms with Gasteiger partial charge >= 0.3 is 5.97 Å². The van der Waals surface area contributed by atoms with E-state index in [2.05, 4.69) is 6.08 Å². The number of carbonyl (C=O) groups is 1. The molecule has 0 radical (unpaired) electrons. The summed E-state index contributed by atoms with van der Waals surface area (Å²) in [6.45, 7) is 0. The number of ether oxygens (including phenoxy) is 1. The predicted molar refractivity (Wildman–Crippen MR) is 75.4 cm³/mol. The third-order valence-corrected chi connectivity index (χ3v) is 5.36. The second-order valence-electron chi connectivity index (χ2n) is 6.58. The molecule has 0 heterocycles. The third-order valence-electron chi connectivity index (χ3n) is 5.36. The number of allylic oxidation sites excluding steroid dienone is 2. The van der Waals surface area contributed by atoms with Crippen LogP contribution in [0.3, 0.4) is 0 Å². The monoisotopic (exact) mass is 262 g/mol. The van der Waals surface area contributed by atoms with Crippen LogP contribution in [0.15, 0.2) is 11.8 Å². The van der Waals surface area contributed by atoms with Crippen molar-refractivity contribution in [2.45, 2.75) is 70.6 Å². The van der Waals surface area contributed by atoms with Crippen LogP contribution in [0.4, 0.5) is 0 Å². The molecule has 0 N–H and O–H groups in total. The van der Waals surface area contributed by atoms with E-state index in [-0.39, 0.29) is 11.9 Å². The van der Waals surface area contributed by atoms with Gasteiger partial charge in [0.2, 0.25) is 0 Å². The number of carbonyl (C=O) groups excluding carboxylic acids is 1. The molecule has 2 fully saturated rings. The topological polar surface area (TPSA) is 26.3 Å². The van der Waals surface area contributed by atoms with E-state index in [1.807, 2.05) is 0 Å². The smallest absolute Gasteiger partial charge is 0.314 e. The summed E-state index contributed by atoms with van der Waals surface area (Å²) in [6.07, 6.45) is 15.5. The molecule has 0 amide bonds. The van der Waals surface area contributed by atoms with Crippen LogP contribution >= 0.6 is 0 Å². The highest BCUT2D eigenvalue weighted by atomic mass is 16.5. The Hall–Kier alpha value is -0.790. The molecule has 2 nitrogen and oxygen atoms in total. The van der Waals surface area contributed by atoms with E-state index < -0.39 is 0 Å². The van der Waals surface area contributed by atoms with Gasteiger partial charge in [-0.25, -0.2) is 0 Å². The molecule has 0 aromatic rings. The van der Waals surface area contributed by atoms with Crippen molar-refractivity contribution in [2.75, 3.05) is 0 Å². The van der Waals surface area contributed by atoms with Crippen molar-refractivity contribution < 1.29 is 9.53 Å². The van der Waals surface area contributed by atoms with Gasteiger partial charge in [-0.05, 0) is 50.0 Å². The van der Waals surface area contributed by atoms with Crippen molar-refractivity contribution in [2.24, 2.45) is 17.8 Å². The van der Waals surface area contributed by atoms with Crippen LogP contribution in [0.25, 0.3) is 0 Å². The van der Waals surface area contributed by atoms with E-state index in [1.54, 1.807) is 0 Å². The van der Waals surface area contributed by atoms with Crippen LogP contribution in [-0.2, 0) is 9.53 Å². The van der Waals surface area contributed by atoms with Crippen molar-refractivity contribution in [3.05, 3.63) is 11.8 Å². The summed E-state index contributed by atoms with van der Waals surface area (Å²) < 4.78 is 5.70. The molecule has 3 unspecified atom stereocenters. The van der Waals surface area contributed by atoms with Gasteiger partial charge in [-0.15, -0.1) is 0 Å². The SMILES string of the molecule is O=C(OC1=CCCCC1)C1CCCC2CCCCC21. The molecular weight excluding hydrogens is 236 g/mol. The standard InChI is InChI=1S/C17H26O2/c18-17(19-14-9-2-1-3-10-14)16-12-6-8-13-7-4-5-11-15(13)16/h9,13,15-16H,1-8,10-12H2. The lowest BCUT2D eigenvalue weighted by molar-refractivity contribution is -0.149. The zero-order valence-electron chi connectivity index (χ0n) is 11.9. The summed E-state index contributed by atoms with van der Waals surface area (Å²) >= 11 is 0. The van der Waals surface area contributed by atoms with Gasteiger partial charge in [0.15, 0.2) is 0 Å². The minimum absolute atomic E-state index is 0.0877. The first kappa shape index (κ1) is 13.2. The number of esters is 1. The van der Waals surface area contributed by atoms with Gasteiger partial charge in [0.1, 0.15) is 5.76 Å². The lowest BCUT2D eigenvalue weighted by atomic mass is 9.65. The Bertz CT molecular complexity index is 356. The molecule has 0 aliphatic heterocycles. The highest BCUT2D eigenvalue weighted by Crippen LogP contribution is 2.44. The van der Waals surface area contributed by atoms with Gasteiger partial charge in [0.25, 0.3) is 0 Å². The van der Waals surface area contributed by atoms with Gasteiger partial charge in [-0.2, -0.15) is 0 Å². The van der Waals surface area contributed by atoms with E-state index in [4.69, 9.17) is 4.74 Å². The fourth-order valence-corrected chi connectivity index (χ4v) is 4.34. The highest BCUT2D eigenvalue weighted by molar-refractivity contribution is 5.74. The maximum atomic E-state index is 12.5. The van der Waals surface area contributed by atoms with Crippen LogP contribution in [-0.4, -0.2) is 5.97 Å². The average Bonchev–Trinajstić information content (AvgIpc) is 2.47. The Labute approximate surface area is 116 Å². The maximum Gasteiger partial charge on any atom is 0.314 e. The van der Waals surface area contributed by atoms with Crippen LogP contribution in [0.1, 0.15) is 70.6 Å². The molecule has 0 spiro atoms. The molecule has 3 rings (SSSR count). The summed E-state index contributed by atoms with van der Waals surface area (Å²) in [6, 6.07) is 0. The Morgan fingerprint density at radius 3 is 2.68 bits per heavy atom. The van der Waals surface area contributed by atoms with E-state index >= 15 is 0 Å². The molecule has 3 atom stereocenters. The van der Waals surface area contributed by atoms with E-state index in [1.165, 1.54) is 51.4 Å². The van der Waals surface area contributed by atoms with Crippen LogP contribution in [0.2, 0.25) is 0 Å². The molecule has 0 bridgehead atoms. The summed E-state index contributed by atoms with van der Waals surface area (Å²) in [5.74, 6) is 2.67. The zero-order chi connectivity index (χ0) is 13.1. The van der Waals surface area contributed by atoms with Gasteiger partial charge in [-0.3, -0.25) is 4.79 Å². The number of rotatable bonds is 2. The number of hydrogen-bond acceptors (Lipinski definition) is 2. The molecule has 3 aliphatic carbocycles. The first-order valence-electron chi connectivity index (χ1n) is 8.25. The van der Waals surface area contributed by atoms with Gasteiger partial charge < -0.3 is 4.74 Å². The Morgan fingerprint density at radius 1 is 1.00 bits per heavy atom. The molecule has 3 aliphatic rings. The van der Waals surface area contributed by atoms with E-state index in [0.29, 0.717) is 5.92 Å². The van der Waals surface area contributed by atoms with Crippen molar-refractivity contribution in [1.29, 1.82) is 0 Å². The van der Waals surface area contributed by atoms with Crippen molar-refractivity contribution >= 4 is 5.97 Å². The summed E-state index contributed by atoms with van der Waals surface area (Å²) in [4.78, 5) is 12.5. The third kappa shape index (κ3) is 3.04. The minimum atomic E-state index is 0.0877. The molecule has 19 heavy (non-hydrogen) atoms. The van der Waals surface area contributed by atoms with Crippen molar-refractivity contribution in [1.82, 2.24) is 0 Å². The number of hydrogen-bond donors (Lipinski definition) is 0. The Balaban J connectivity index is 1.62. The van der Waals surface area contributed by atoms with Crippen LogP contribution < -0.4 is 0 Å². The fraction of sp³-hybridized carbons (Fsp3) is 0.824. The Morgan fingerprint density at radius 2 is 1.84 bits per heavy atom.